The third-order valence-corrected chi connectivity index (χ3v) is 3.70. The Morgan fingerprint density at radius 2 is 2.26 bits per heavy atom. The third kappa shape index (κ3) is 3.32. The van der Waals surface area contributed by atoms with E-state index in [1.165, 1.54) is 12.8 Å². The van der Waals surface area contributed by atoms with Gasteiger partial charge in [-0.2, -0.15) is 0 Å². The van der Waals surface area contributed by atoms with Crippen LogP contribution in [0.4, 0.5) is 0 Å². The molecule has 1 saturated heterocycles. The first kappa shape index (κ1) is 12.6. The molecule has 1 aromatic rings. The number of hydrogen-bond donors (Lipinski definition) is 0. The van der Waals surface area contributed by atoms with Crippen LogP contribution in [0.25, 0.3) is 0 Å². The molecule has 0 bridgehead atoms. The number of ether oxygens (including phenoxy) is 2. The molecule has 19 heavy (non-hydrogen) atoms. The fourth-order valence-corrected chi connectivity index (χ4v) is 2.42. The summed E-state index contributed by atoms with van der Waals surface area (Å²) in [6, 6.07) is 3.60. The fourth-order valence-electron chi connectivity index (χ4n) is 2.42. The minimum atomic E-state index is 0.444. The molecule has 0 radical (unpaired) electrons. The van der Waals surface area contributed by atoms with Gasteiger partial charge < -0.3 is 9.47 Å². The summed E-state index contributed by atoms with van der Waals surface area (Å²) in [5, 5.41) is 0. The molecule has 102 valence electrons. The second kappa shape index (κ2) is 5.70. The Labute approximate surface area is 113 Å². The average Bonchev–Trinajstić information content (AvgIpc) is 3.30. The van der Waals surface area contributed by atoms with Gasteiger partial charge in [-0.15, -0.1) is 0 Å². The molecular formula is C15H19NO3. The van der Waals surface area contributed by atoms with Gasteiger partial charge in [0.1, 0.15) is 6.29 Å². The van der Waals surface area contributed by atoms with Gasteiger partial charge in [-0.3, -0.25) is 4.79 Å². The maximum atomic E-state index is 11.0. The topological polar surface area (TPSA) is 48.4 Å². The Bertz CT molecular complexity index is 451. The van der Waals surface area contributed by atoms with E-state index < -0.39 is 0 Å². The third-order valence-electron chi connectivity index (χ3n) is 3.70. The SMILES string of the molecule is O=Cc1cc(OCC2CCCOC2)nc(C2CC2)c1. The highest BCUT2D eigenvalue weighted by atomic mass is 16.5. The van der Waals surface area contributed by atoms with Crippen molar-refractivity contribution in [2.24, 2.45) is 5.92 Å². The van der Waals surface area contributed by atoms with E-state index in [1.54, 1.807) is 6.07 Å². The van der Waals surface area contributed by atoms with Gasteiger partial charge in [0.25, 0.3) is 0 Å². The molecule has 2 aliphatic rings. The molecule has 4 nitrogen and oxygen atoms in total. The highest BCUT2D eigenvalue weighted by molar-refractivity contribution is 5.75. The van der Waals surface area contributed by atoms with Crippen LogP contribution in [-0.4, -0.2) is 31.1 Å². The lowest BCUT2D eigenvalue weighted by Gasteiger charge is -2.21. The van der Waals surface area contributed by atoms with Gasteiger partial charge in [0.05, 0.1) is 13.2 Å². The quantitative estimate of drug-likeness (QED) is 0.764. The molecule has 3 rings (SSSR count). The summed E-state index contributed by atoms with van der Waals surface area (Å²) in [5.74, 6) is 1.55. The van der Waals surface area contributed by atoms with Crippen LogP contribution >= 0.6 is 0 Å². The van der Waals surface area contributed by atoms with Crippen LogP contribution in [0.2, 0.25) is 0 Å². The van der Waals surface area contributed by atoms with Crippen molar-refractivity contribution in [3.63, 3.8) is 0 Å². The van der Waals surface area contributed by atoms with Crippen molar-refractivity contribution in [1.29, 1.82) is 0 Å². The van der Waals surface area contributed by atoms with E-state index in [0.29, 0.717) is 29.9 Å². The van der Waals surface area contributed by atoms with Gasteiger partial charge in [0.2, 0.25) is 5.88 Å². The molecule has 1 aromatic heterocycles. The summed E-state index contributed by atoms with van der Waals surface area (Å²) in [6.45, 7) is 2.25. The van der Waals surface area contributed by atoms with Crippen LogP contribution in [0, 0.1) is 5.92 Å². The number of carbonyl (C=O) groups excluding carboxylic acids is 1. The molecule has 0 aromatic carbocycles. The van der Waals surface area contributed by atoms with Crippen molar-refractivity contribution in [2.45, 2.75) is 31.6 Å². The molecule has 1 atom stereocenters. The summed E-state index contributed by atoms with van der Waals surface area (Å²) in [7, 11) is 0. The number of rotatable bonds is 5. The first-order valence-electron chi connectivity index (χ1n) is 7.03. The van der Waals surface area contributed by atoms with Crippen molar-refractivity contribution in [3.8, 4) is 5.88 Å². The van der Waals surface area contributed by atoms with E-state index in [1.807, 2.05) is 6.07 Å². The highest BCUT2D eigenvalue weighted by Crippen LogP contribution is 2.39. The lowest BCUT2D eigenvalue weighted by molar-refractivity contribution is 0.0344. The summed E-state index contributed by atoms with van der Waals surface area (Å²) in [6.07, 6.45) is 5.45. The standard InChI is InChI=1S/C15H19NO3/c17-8-12-6-14(13-3-4-13)16-15(7-12)19-10-11-2-1-5-18-9-11/h6-8,11,13H,1-5,9-10H2. The monoisotopic (exact) mass is 261 g/mol. The molecule has 0 N–H and O–H groups in total. The zero-order valence-electron chi connectivity index (χ0n) is 11.0. The minimum absolute atomic E-state index is 0.444. The number of aldehydes is 1. The lowest BCUT2D eigenvalue weighted by atomic mass is 10.0. The van der Waals surface area contributed by atoms with Crippen molar-refractivity contribution in [2.75, 3.05) is 19.8 Å². The maximum absolute atomic E-state index is 11.0. The van der Waals surface area contributed by atoms with Crippen molar-refractivity contribution >= 4 is 6.29 Å². The molecule has 4 heteroatoms. The van der Waals surface area contributed by atoms with Crippen LogP contribution in [0.1, 0.15) is 47.7 Å². The predicted octanol–water partition coefficient (Wildman–Crippen LogP) is 2.58. The smallest absolute Gasteiger partial charge is 0.214 e. The predicted molar refractivity (Wildman–Crippen MR) is 70.6 cm³/mol. The van der Waals surface area contributed by atoms with E-state index in [-0.39, 0.29) is 0 Å². The Balaban J connectivity index is 1.65. The van der Waals surface area contributed by atoms with Crippen molar-refractivity contribution < 1.29 is 14.3 Å². The second-order valence-corrected chi connectivity index (χ2v) is 5.45. The average molecular weight is 261 g/mol. The second-order valence-electron chi connectivity index (χ2n) is 5.45. The van der Waals surface area contributed by atoms with Crippen molar-refractivity contribution in [1.82, 2.24) is 4.98 Å². The molecule has 1 aliphatic heterocycles. The molecule has 0 spiro atoms. The summed E-state index contributed by atoms with van der Waals surface area (Å²) in [5.41, 5.74) is 1.66. The largest absolute Gasteiger partial charge is 0.477 e. The normalized spacial score (nSPS) is 23.1. The van der Waals surface area contributed by atoms with Gasteiger partial charge >= 0.3 is 0 Å². The Hall–Kier alpha value is -1.42. The van der Waals surface area contributed by atoms with Crippen LogP contribution in [-0.2, 0) is 4.74 Å². The van der Waals surface area contributed by atoms with E-state index in [2.05, 4.69) is 4.98 Å². The van der Waals surface area contributed by atoms with E-state index in [9.17, 15) is 4.79 Å². The number of pyridine rings is 1. The summed E-state index contributed by atoms with van der Waals surface area (Å²) >= 11 is 0. The van der Waals surface area contributed by atoms with E-state index in [4.69, 9.17) is 9.47 Å². The van der Waals surface area contributed by atoms with Crippen LogP contribution in [0.5, 0.6) is 5.88 Å². The maximum Gasteiger partial charge on any atom is 0.214 e. The zero-order chi connectivity index (χ0) is 13.1. The van der Waals surface area contributed by atoms with Crippen LogP contribution in [0.15, 0.2) is 12.1 Å². The highest BCUT2D eigenvalue weighted by Gasteiger charge is 2.26. The van der Waals surface area contributed by atoms with Gasteiger partial charge in [0.15, 0.2) is 0 Å². The number of hydrogen-bond acceptors (Lipinski definition) is 4. The number of carbonyl (C=O) groups is 1. The minimum Gasteiger partial charge on any atom is -0.477 e. The number of nitrogens with zero attached hydrogens (tertiary/aromatic N) is 1. The fraction of sp³-hybridized carbons (Fsp3) is 0.600. The van der Waals surface area contributed by atoms with E-state index in [0.717, 1.165) is 38.0 Å². The zero-order valence-corrected chi connectivity index (χ0v) is 11.0. The summed E-state index contributed by atoms with van der Waals surface area (Å²) in [4.78, 5) is 15.5. The van der Waals surface area contributed by atoms with Crippen molar-refractivity contribution in [3.05, 3.63) is 23.4 Å². The Morgan fingerprint density at radius 3 is 2.95 bits per heavy atom. The molecule has 2 fully saturated rings. The molecular weight excluding hydrogens is 242 g/mol. The molecule has 1 aliphatic carbocycles. The van der Waals surface area contributed by atoms with Gasteiger partial charge in [0, 0.05) is 35.8 Å². The van der Waals surface area contributed by atoms with Crippen LogP contribution < -0.4 is 4.74 Å². The van der Waals surface area contributed by atoms with Crippen LogP contribution in [0.3, 0.4) is 0 Å². The van der Waals surface area contributed by atoms with E-state index >= 15 is 0 Å². The number of aromatic nitrogens is 1. The molecule has 1 saturated carbocycles. The first-order valence-corrected chi connectivity index (χ1v) is 7.03. The summed E-state index contributed by atoms with van der Waals surface area (Å²) < 4.78 is 11.2. The Morgan fingerprint density at radius 1 is 1.37 bits per heavy atom. The lowest BCUT2D eigenvalue weighted by Crippen LogP contribution is -2.23. The Kier molecular flexibility index (Phi) is 3.78. The molecule has 0 amide bonds. The van der Waals surface area contributed by atoms with Gasteiger partial charge in [-0.25, -0.2) is 4.98 Å². The first-order chi connectivity index (χ1) is 9.35. The molecule has 1 unspecified atom stereocenters. The van der Waals surface area contributed by atoms with Gasteiger partial charge in [-0.05, 0) is 31.7 Å². The molecule has 2 heterocycles. The van der Waals surface area contributed by atoms with Gasteiger partial charge in [-0.1, -0.05) is 0 Å².